The van der Waals surface area contributed by atoms with E-state index in [0.29, 0.717) is 5.16 Å². The van der Waals surface area contributed by atoms with Gasteiger partial charge in [-0.1, -0.05) is 39.8 Å². The van der Waals surface area contributed by atoms with Crippen LogP contribution in [-0.2, 0) is 9.53 Å². The Hall–Kier alpha value is -1.27. The van der Waals surface area contributed by atoms with E-state index >= 15 is 0 Å². The monoisotopic (exact) mass is 340 g/mol. The molecular formula is C13H13BrN2O2S. The van der Waals surface area contributed by atoms with Crippen LogP contribution in [0.2, 0.25) is 0 Å². The van der Waals surface area contributed by atoms with Crippen LogP contribution in [0.1, 0.15) is 6.92 Å². The fourth-order valence-electron chi connectivity index (χ4n) is 1.52. The van der Waals surface area contributed by atoms with E-state index in [-0.39, 0.29) is 11.2 Å². The van der Waals surface area contributed by atoms with Crippen LogP contribution in [0.3, 0.4) is 0 Å². The van der Waals surface area contributed by atoms with Gasteiger partial charge in [0.1, 0.15) is 5.25 Å². The lowest BCUT2D eigenvalue weighted by molar-refractivity contribution is -0.139. The van der Waals surface area contributed by atoms with Crippen molar-refractivity contribution in [2.45, 2.75) is 17.3 Å². The van der Waals surface area contributed by atoms with Crippen LogP contribution in [0.25, 0.3) is 11.3 Å². The van der Waals surface area contributed by atoms with Crippen LogP contribution in [0.5, 0.6) is 0 Å². The molecule has 0 saturated carbocycles. The number of nitrogens with one attached hydrogen (secondary N) is 1. The number of carbonyl (C=O) groups is 1. The minimum Gasteiger partial charge on any atom is -0.468 e. The lowest BCUT2D eigenvalue weighted by atomic mass is 10.2. The lowest BCUT2D eigenvalue weighted by Gasteiger charge is -2.05. The molecule has 0 radical (unpaired) electrons. The highest BCUT2D eigenvalue weighted by Crippen LogP contribution is 2.25. The van der Waals surface area contributed by atoms with E-state index in [4.69, 9.17) is 0 Å². The molecule has 1 unspecified atom stereocenters. The first kappa shape index (κ1) is 14.1. The number of hydrogen-bond acceptors (Lipinski definition) is 4. The molecule has 2 aromatic rings. The molecule has 1 aromatic heterocycles. The summed E-state index contributed by atoms with van der Waals surface area (Å²) >= 11 is 4.74. The number of halogens is 1. The van der Waals surface area contributed by atoms with Crippen molar-refractivity contribution in [3.63, 3.8) is 0 Å². The van der Waals surface area contributed by atoms with Gasteiger partial charge in [0.2, 0.25) is 0 Å². The Morgan fingerprint density at radius 1 is 1.42 bits per heavy atom. The van der Waals surface area contributed by atoms with Crippen LogP contribution in [0, 0.1) is 0 Å². The second kappa shape index (κ2) is 6.25. The number of methoxy groups -OCH3 is 1. The van der Waals surface area contributed by atoms with Crippen LogP contribution >= 0.6 is 27.7 Å². The summed E-state index contributed by atoms with van der Waals surface area (Å²) in [5, 5.41) is 0.421. The Morgan fingerprint density at radius 2 is 2.11 bits per heavy atom. The zero-order valence-corrected chi connectivity index (χ0v) is 12.9. The molecule has 1 N–H and O–H groups in total. The SMILES string of the molecule is COC(=O)C(C)Sc1ncc(-c2ccc(Br)cc2)[nH]1. The molecule has 0 aliphatic rings. The number of rotatable bonds is 4. The first-order chi connectivity index (χ1) is 9.10. The van der Waals surface area contributed by atoms with Gasteiger partial charge in [-0.3, -0.25) is 4.79 Å². The van der Waals surface area contributed by atoms with Crippen LogP contribution in [-0.4, -0.2) is 28.3 Å². The van der Waals surface area contributed by atoms with Crippen LogP contribution in [0.4, 0.5) is 0 Å². The molecule has 0 bridgehead atoms. The Balaban J connectivity index is 2.11. The van der Waals surface area contributed by atoms with E-state index in [1.54, 1.807) is 13.1 Å². The maximum Gasteiger partial charge on any atom is 0.318 e. The van der Waals surface area contributed by atoms with Gasteiger partial charge < -0.3 is 9.72 Å². The Morgan fingerprint density at radius 3 is 2.74 bits per heavy atom. The molecule has 4 nitrogen and oxygen atoms in total. The first-order valence-corrected chi connectivity index (χ1v) is 7.33. The highest BCUT2D eigenvalue weighted by atomic mass is 79.9. The van der Waals surface area contributed by atoms with Crippen molar-refractivity contribution in [2.24, 2.45) is 0 Å². The second-order valence-electron chi connectivity index (χ2n) is 3.89. The third-order valence-corrected chi connectivity index (χ3v) is 4.03. The Labute approximate surface area is 124 Å². The molecule has 0 spiro atoms. The van der Waals surface area contributed by atoms with E-state index in [1.807, 2.05) is 24.3 Å². The molecule has 2 rings (SSSR count). The van der Waals surface area contributed by atoms with E-state index in [9.17, 15) is 4.79 Å². The number of carbonyl (C=O) groups excluding carboxylic acids is 1. The molecule has 0 aliphatic carbocycles. The smallest absolute Gasteiger partial charge is 0.318 e. The van der Waals surface area contributed by atoms with Crippen molar-refractivity contribution in [2.75, 3.05) is 7.11 Å². The molecule has 19 heavy (non-hydrogen) atoms. The quantitative estimate of drug-likeness (QED) is 0.683. The van der Waals surface area contributed by atoms with Gasteiger partial charge in [0.05, 0.1) is 19.0 Å². The average Bonchev–Trinajstić information content (AvgIpc) is 2.87. The largest absolute Gasteiger partial charge is 0.468 e. The van der Waals surface area contributed by atoms with Gasteiger partial charge in [-0.2, -0.15) is 0 Å². The molecule has 100 valence electrons. The van der Waals surface area contributed by atoms with Gasteiger partial charge in [0.25, 0.3) is 0 Å². The summed E-state index contributed by atoms with van der Waals surface area (Å²) in [6.45, 7) is 1.79. The second-order valence-corrected chi connectivity index (χ2v) is 6.14. The van der Waals surface area contributed by atoms with Crippen molar-refractivity contribution in [1.82, 2.24) is 9.97 Å². The Bertz CT molecular complexity index is 568. The highest BCUT2D eigenvalue weighted by molar-refractivity contribution is 9.10. The molecule has 0 fully saturated rings. The van der Waals surface area contributed by atoms with E-state index < -0.39 is 0 Å². The molecule has 6 heteroatoms. The minimum atomic E-state index is -0.283. The molecule has 1 heterocycles. The van der Waals surface area contributed by atoms with Gasteiger partial charge in [-0.15, -0.1) is 0 Å². The highest BCUT2D eigenvalue weighted by Gasteiger charge is 2.16. The van der Waals surface area contributed by atoms with Crippen molar-refractivity contribution in [1.29, 1.82) is 0 Å². The maximum atomic E-state index is 11.3. The number of hydrogen-bond donors (Lipinski definition) is 1. The fourth-order valence-corrected chi connectivity index (χ4v) is 2.59. The normalized spacial score (nSPS) is 12.2. The number of H-pyrrole nitrogens is 1. The molecule has 0 aliphatic heterocycles. The van der Waals surface area contributed by atoms with Crippen molar-refractivity contribution in [3.8, 4) is 11.3 Å². The topological polar surface area (TPSA) is 55.0 Å². The summed E-state index contributed by atoms with van der Waals surface area (Å²) in [4.78, 5) is 18.8. The van der Waals surface area contributed by atoms with Crippen molar-refractivity contribution >= 4 is 33.7 Å². The summed E-state index contributed by atoms with van der Waals surface area (Å²) in [5.74, 6) is -0.258. The number of thioether (sulfide) groups is 1. The lowest BCUT2D eigenvalue weighted by Crippen LogP contribution is -2.14. The maximum absolute atomic E-state index is 11.3. The molecular weight excluding hydrogens is 328 g/mol. The van der Waals surface area contributed by atoms with Crippen LogP contribution in [0.15, 0.2) is 40.1 Å². The third-order valence-electron chi connectivity index (χ3n) is 2.53. The number of aromatic nitrogens is 2. The molecule has 1 aromatic carbocycles. The van der Waals surface area contributed by atoms with E-state index in [1.165, 1.54) is 18.9 Å². The van der Waals surface area contributed by atoms with Crippen molar-refractivity contribution in [3.05, 3.63) is 34.9 Å². The van der Waals surface area contributed by atoms with E-state index in [2.05, 4.69) is 30.6 Å². The summed E-state index contributed by atoms with van der Waals surface area (Å²) in [5.41, 5.74) is 1.97. The minimum absolute atomic E-state index is 0.258. The van der Waals surface area contributed by atoms with Crippen molar-refractivity contribution < 1.29 is 9.53 Å². The zero-order chi connectivity index (χ0) is 13.8. The van der Waals surface area contributed by atoms with E-state index in [0.717, 1.165) is 15.7 Å². The summed E-state index contributed by atoms with van der Waals surface area (Å²) < 4.78 is 5.71. The van der Waals surface area contributed by atoms with Crippen LogP contribution < -0.4 is 0 Å². The third kappa shape index (κ3) is 3.61. The first-order valence-electron chi connectivity index (χ1n) is 5.65. The number of benzene rings is 1. The summed E-state index contributed by atoms with van der Waals surface area (Å²) in [6, 6.07) is 7.94. The summed E-state index contributed by atoms with van der Waals surface area (Å²) in [7, 11) is 1.38. The predicted molar refractivity (Wildman–Crippen MR) is 79.1 cm³/mol. The Kier molecular flexibility index (Phi) is 4.66. The standard InChI is InChI=1S/C13H13BrN2O2S/c1-8(12(17)18-2)19-13-15-7-11(16-13)9-3-5-10(14)6-4-9/h3-8H,1-2H3,(H,15,16). The average molecular weight is 341 g/mol. The number of aromatic amines is 1. The van der Waals surface area contributed by atoms with Gasteiger partial charge in [0, 0.05) is 4.47 Å². The van der Waals surface area contributed by atoms with Gasteiger partial charge in [0.15, 0.2) is 5.16 Å². The number of esters is 1. The number of imidazole rings is 1. The molecule has 0 saturated heterocycles. The van der Waals surface area contributed by atoms with Gasteiger partial charge in [-0.25, -0.2) is 4.98 Å². The fraction of sp³-hybridized carbons (Fsp3) is 0.231. The summed E-state index contributed by atoms with van der Waals surface area (Å²) in [6.07, 6.45) is 1.76. The number of ether oxygens (including phenoxy) is 1. The predicted octanol–water partition coefficient (Wildman–Crippen LogP) is 3.49. The molecule has 1 atom stereocenters. The zero-order valence-electron chi connectivity index (χ0n) is 10.5. The molecule has 0 amide bonds. The van der Waals surface area contributed by atoms with Gasteiger partial charge >= 0.3 is 5.97 Å². The van der Waals surface area contributed by atoms with Gasteiger partial charge in [-0.05, 0) is 24.6 Å². The number of nitrogens with zero attached hydrogens (tertiary/aromatic N) is 1.